The minimum Gasteiger partial charge on any atom is -0.396 e. The number of aromatic nitrogens is 1. The Bertz CT molecular complexity index is 470. The summed E-state index contributed by atoms with van der Waals surface area (Å²) in [6.45, 7) is 8.11. The lowest BCUT2D eigenvalue weighted by Gasteiger charge is -2.35. The van der Waals surface area contributed by atoms with Gasteiger partial charge >= 0.3 is 0 Å². The van der Waals surface area contributed by atoms with Gasteiger partial charge < -0.3 is 10.0 Å². The van der Waals surface area contributed by atoms with Crippen molar-refractivity contribution in [3.8, 4) is 0 Å². The number of aliphatic hydroxyl groups excluding tert-OH is 1. The maximum atomic E-state index is 12.9. The molecule has 2 rings (SSSR count). The van der Waals surface area contributed by atoms with Gasteiger partial charge in [0.05, 0.1) is 12.1 Å². The van der Waals surface area contributed by atoms with Crippen molar-refractivity contribution in [3.05, 3.63) is 16.6 Å². The fourth-order valence-corrected chi connectivity index (χ4v) is 3.74. The number of nitrogens with zero attached hydrogens (tertiary/aromatic N) is 2. The topological polar surface area (TPSA) is 65.5 Å². The quantitative estimate of drug-likeness (QED) is 0.801. The van der Waals surface area contributed by atoms with Crippen LogP contribution >= 0.6 is 11.3 Å². The van der Waals surface area contributed by atoms with Crippen molar-refractivity contribution in [2.45, 2.75) is 52.1 Å². The van der Waals surface area contributed by atoms with Crippen molar-refractivity contribution in [3.63, 3.8) is 0 Å². The van der Waals surface area contributed by atoms with Crippen LogP contribution in [-0.4, -0.2) is 46.6 Å². The third kappa shape index (κ3) is 5.26. The SMILES string of the molecule is CC(C)CC(NC(C)c1nccs1)C(=O)N1CCC(CO)CC1. The highest BCUT2D eigenvalue weighted by molar-refractivity contribution is 7.09. The van der Waals surface area contributed by atoms with Crippen LogP contribution in [0, 0.1) is 11.8 Å². The minimum absolute atomic E-state index is 0.0812. The van der Waals surface area contributed by atoms with Crippen LogP contribution in [0.3, 0.4) is 0 Å². The summed E-state index contributed by atoms with van der Waals surface area (Å²) in [6.07, 6.45) is 4.43. The predicted octanol–water partition coefficient (Wildman–Crippen LogP) is 2.44. The number of thiazole rings is 1. The van der Waals surface area contributed by atoms with Crippen LogP contribution in [0.15, 0.2) is 11.6 Å². The molecule has 0 bridgehead atoms. The molecular weight excluding hydrogens is 310 g/mol. The van der Waals surface area contributed by atoms with E-state index in [4.69, 9.17) is 0 Å². The zero-order chi connectivity index (χ0) is 16.8. The van der Waals surface area contributed by atoms with Gasteiger partial charge in [-0.15, -0.1) is 11.3 Å². The first-order valence-corrected chi connectivity index (χ1v) is 9.44. The van der Waals surface area contributed by atoms with Crippen molar-refractivity contribution in [2.24, 2.45) is 11.8 Å². The molecule has 0 radical (unpaired) electrons. The highest BCUT2D eigenvalue weighted by Gasteiger charge is 2.29. The van der Waals surface area contributed by atoms with Crippen LogP contribution in [0.5, 0.6) is 0 Å². The van der Waals surface area contributed by atoms with Crippen LogP contribution in [0.25, 0.3) is 0 Å². The zero-order valence-electron chi connectivity index (χ0n) is 14.4. The molecule has 1 aromatic rings. The van der Waals surface area contributed by atoms with Gasteiger partial charge in [-0.3, -0.25) is 10.1 Å². The molecule has 2 N–H and O–H groups in total. The second-order valence-corrected chi connectivity index (χ2v) is 7.82. The fourth-order valence-electron chi connectivity index (χ4n) is 3.09. The Morgan fingerprint density at radius 3 is 2.65 bits per heavy atom. The van der Waals surface area contributed by atoms with Gasteiger partial charge in [0, 0.05) is 31.3 Å². The molecule has 2 unspecified atom stereocenters. The third-order valence-electron chi connectivity index (χ3n) is 4.46. The molecule has 23 heavy (non-hydrogen) atoms. The van der Waals surface area contributed by atoms with E-state index in [0.29, 0.717) is 11.8 Å². The molecule has 0 aliphatic carbocycles. The summed E-state index contributed by atoms with van der Waals surface area (Å²) in [7, 11) is 0. The van der Waals surface area contributed by atoms with Crippen molar-refractivity contribution >= 4 is 17.2 Å². The summed E-state index contributed by atoms with van der Waals surface area (Å²) in [5.74, 6) is 0.998. The Balaban J connectivity index is 1.98. The molecule has 5 nitrogen and oxygen atoms in total. The maximum absolute atomic E-state index is 12.9. The highest BCUT2D eigenvalue weighted by Crippen LogP contribution is 2.21. The first kappa shape index (κ1) is 18.4. The molecule has 0 saturated carbocycles. The summed E-state index contributed by atoms with van der Waals surface area (Å²) in [6, 6.07) is -0.0859. The molecule has 2 atom stereocenters. The highest BCUT2D eigenvalue weighted by atomic mass is 32.1. The molecule has 0 aromatic carbocycles. The van der Waals surface area contributed by atoms with Gasteiger partial charge in [-0.25, -0.2) is 4.98 Å². The molecule has 1 saturated heterocycles. The number of rotatable bonds is 7. The maximum Gasteiger partial charge on any atom is 0.239 e. The molecule has 0 spiro atoms. The molecule has 1 fully saturated rings. The Labute approximate surface area is 143 Å². The third-order valence-corrected chi connectivity index (χ3v) is 5.42. The largest absolute Gasteiger partial charge is 0.396 e. The van der Waals surface area contributed by atoms with E-state index in [1.165, 1.54) is 0 Å². The number of nitrogens with one attached hydrogen (secondary N) is 1. The molecule has 1 aliphatic rings. The van der Waals surface area contributed by atoms with E-state index in [2.05, 4.69) is 31.1 Å². The molecule has 1 aromatic heterocycles. The van der Waals surface area contributed by atoms with Gasteiger partial charge in [0.15, 0.2) is 0 Å². The predicted molar refractivity (Wildman–Crippen MR) is 93.3 cm³/mol. The molecular formula is C17H29N3O2S. The van der Waals surface area contributed by atoms with Crippen molar-refractivity contribution in [2.75, 3.05) is 19.7 Å². The summed E-state index contributed by atoms with van der Waals surface area (Å²) in [4.78, 5) is 19.2. The van der Waals surface area contributed by atoms with Crippen molar-refractivity contribution in [1.29, 1.82) is 0 Å². The first-order valence-electron chi connectivity index (χ1n) is 8.56. The van der Waals surface area contributed by atoms with Gasteiger partial charge in [-0.05, 0) is 38.0 Å². The minimum atomic E-state index is -0.167. The Morgan fingerprint density at radius 2 is 2.13 bits per heavy atom. The van der Waals surface area contributed by atoms with Gasteiger partial charge in [0.2, 0.25) is 5.91 Å². The lowest BCUT2D eigenvalue weighted by Crippen LogP contribution is -2.50. The van der Waals surface area contributed by atoms with E-state index in [-0.39, 0.29) is 24.6 Å². The van der Waals surface area contributed by atoms with E-state index >= 15 is 0 Å². The smallest absolute Gasteiger partial charge is 0.239 e. The van der Waals surface area contributed by atoms with E-state index in [0.717, 1.165) is 37.4 Å². The van der Waals surface area contributed by atoms with Crippen molar-refractivity contribution in [1.82, 2.24) is 15.2 Å². The molecule has 6 heteroatoms. The summed E-state index contributed by atoms with van der Waals surface area (Å²) in [5.41, 5.74) is 0. The molecule has 130 valence electrons. The van der Waals surface area contributed by atoms with Gasteiger partial charge in [-0.1, -0.05) is 13.8 Å². The Kier molecular flexibility index (Phi) is 6.99. The second kappa shape index (κ2) is 8.76. The number of likely N-dealkylation sites (tertiary alicyclic amines) is 1. The lowest BCUT2D eigenvalue weighted by molar-refractivity contribution is -0.135. The average molecular weight is 340 g/mol. The number of carbonyl (C=O) groups excluding carboxylic acids is 1. The first-order chi connectivity index (χ1) is 11.0. The zero-order valence-corrected chi connectivity index (χ0v) is 15.2. The number of hydrogen-bond acceptors (Lipinski definition) is 5. The number of piperidine rings is 1. The van der Waals surface area contributed by atoms with Crippen molar-refractivity contribution < 1.29 is 9.90 Å². The number of aliphatic hydroxyl groups is 1. The van der Waals surface area contributed by atoms with Crippen LogP contribution in [0.2, 0.25) is 0 Å². The van der Waals surface area contributed by atoms with Crippen LogP contribution in [-0.2, 0) is 4.79 Å². The van der Waals surface area contributed by atoms with Gasteiger partial charge in [0.25, 0.3) is 0 Å². The summed E-state index contributed by atoms with van der Waals surface area (Å²) < 4.78 is 0. The molecule has 1 aliphatic heterocycles. The standard InChI is InChI=1S/C17H29N3O2S/c1-12(2)10-15(19-13(3)16-18-6-9-23-16)17(22)20-7-4-14(11-21)5-8-20/h6,9,12-15,19,21H,4-5,7-8,10-11H2,1-3H3. The number of hydrogen-bond donors (Lipinski definition) is 2. The van der Waals surface area contributed by atoms with E-state index in [1.54, 1.807) is 17.5 Å². The lowest BCUT2D eigenvalue weighted by atomic mass is 9.96. The van der Waals surface area contributed by atoms with E-state index < -0.39 is 0 Å². The van der Waals surface area contributed by atoms with E-state index in [9.17, 15) is 9.90 Å². The van der Waals surface area contributed by atoms with Gasteiger partial charge in [0.1, 0.15) is 5.01 Å². The monoisotopic (exact) mass is 339 g/mol. The van der Waals surface area contributed by atoms with Crippen LogP contribution in [0.1, 0.15) is 51.1 Å². The fraction of sp³-hybridized carbons (Fsp3) is 0.765. The number of amides is 1. The number of carbonyl (C=O) groups is 1. The molecule has 1 amide bonds. The van der Waals surface area contributed by atoms with E-state index in [1.807, 2.05) is 10.3 Å². The Morgan fingerprint density at radius 1 is 1.43 bits per heavy atom. The van der Waals surface area contributed by atoms with Gasteiger partial charge in [-0.2, -0.15) is 0 Å². The Hall–Kier alpha value is -0.980. The average Bonchev–Trinajstić information content (AvgIpc) is 3.07. The summed E-state index contributed by atoms with van der Waals surface area (Å²) >= 11 is 1.62. The molecule has 2 heterocycles. The summed E-state index contributed by atoms with van der Waals surface area (Å²) in [5, 5.41) is 15.7. The normalized spacial score (nSPS) is 19.1. The second-order valence-electron chi connectivity index (χ2n) is 6.89. The van der Waals surface area contributed by atoms with Crippen LogP contribution < -0.4 is 5.32 Å². The van der Waals surface area contributed by atoms with Crippen LogP contribution in [0.4, 0.5) is 0 Å².